The summed E-state index contributed by atoms with van der Waals surface area (Å²) in [5.74, 6) is 0.604. The van der Waals surface area contributed by atoms with Crippen LogP contribution in [0, 0.1) is 5.92 Å². The molecule has 0 aromatic carbocycles. The van der Waals surface area contributed by atoms with Gasteiger partial charge in [-0.05, 0) is 58.8 Å². The Morgan fingerprint density at radius 3 is 2.45 bits per heavy atom. The fraction of sp³-hybridized carbons (Fsp3) is 1.00. The van der Waals surface area contributed by atoms with E-state index in [1.807, 2.05) is 14.1 Å². The number of hydrogen-bond donors (Lipinski definition) is 2. The smallest absolute Gasteiger partial charge is 0.279 e. The van der Waals surface area contributed by atoms with Gasteiger partial charge in [-0.15, -0.1) is 0 Å². The second-order valence-corrected chi connectivity index (χ2v) is 7.83. The average molecular weight is 304 g/mol. The highest BCUT2D eigenvalue weighted by atomic mass is 32.2. The van der Waals surface area contributed by atoms with E-state index in [0.717, 1.165) is 45.3 Å². The number of likely N-dealkylation sites (N-methyl/N-ethyl adjacent to an activating group) is 1. The minimum atomic E-state index is -3.31. The van der Waals surface area contributed by atoms with Crippen LogP contribution in [-0.2, 0) is 10.2 Å². The van der Waals surface area contributed by atoms with E-state index in [2.05, 4.69) is 14.9 Å². The van der Waals surface area contributed by atoms with Gasteiger partial charge in [0.15, 0.2) is 0 Å². The number of nitrogens with zero attached hydrogens (tertiary/aromatic N) is 2. The van der Waals surface area contributed by atoms with Crippen molar-refractivity contribution in [1.82, 2.24) is 19.2 Å². The standard InChI is InChI=1S/C13H28N4O2S/c1-14-10-12-5-8-17(9-6-12)20(18,19)15-13-4-3-7-16(2)11-13/h12-15H,3-11H2,1-2H3. The van der Waals surface area contributed by atoms with Crippen LogP contribution >= 0.6 is 0 Å². The highest BCUT2D eigenvalue weighted by Crippen LogP contribution is 2.19. The van der Waals surface area contributed by atoms with Crippen LogP contribution in [0.2, 0.25) is 0 Å². The SMILES string of the molecule is CNCC1CCN(S(=O)(=O)NC2CCCN(C)C2)CC1. The highest BCUT2D eigenvalue weighted by Gasteiger charge is 2.30. The van der Waals surface area contributed by atoms with E-state index in [1.165, 1.54) is 0 Å². The molecule has 2 fully saturated rings. The Hall–Kier alpha value is -0.210. The van der Waals surface area contributed by atoms with Crippen LogP contribution in [0.4, 0.5) is 0 Å². The molecule has 2 N–H and O–H groups in total. The van der Waals surface area contributed by atoms with E-state index in [4.69, 9.17) is 0 Å². The maximum absolute atomic E-state index is 12.4. The summed E-state index contributed by atoms with van der Waals surface area (Å²) in [6, 6.07) is 0.0637. The third-order valence-electron chi connectivity index (χ3n) is 4.35. The summed E-state index contributed by atoms with van der Waals surface area (Å²) in [5, 5.41) is 3.17. The largest absolute Gasteiger partial charge is 0.319 e. The first-order valence-corrected chi connectivity index (χ1v) is 9.06. The van der Waals surface area contributed by atoms with E-state index < -0.39 is 10.2 Å². The number of hydrogen-bond acceptors (Lipinski definition) is 4. The van der Waals surface area contributed by atoms with Gasteiger partial charge in [0.2, 0.25) is 0 Å². The quantitative estimate of drug-likeness (QED) is 0.741. The summed E-state index contributed by atoms with van der Waals surface area (Å²) >= 11 is 0. The van der Waals surface area contributed by atoms with Crippen molar-refractivity contribution in [3.63, 3.8) is 0 Å². The molecule has 0 aromatic heterocycles. The van der Waals surface area contributed by atoms with Crippen molar-refractivity contribution in [3.05, 3.63) is 0 Å². The van der Waals surface area contributed by atoms with E-state index in [9.17, 15) is 8.42 Å². The number of likely N-dealkylation sites (tertiary alicyclic amines) is 1. The third kappa shape index (κ3) is 4.39. The number of nitrogens with one attached hydrogen (secondary N) is 2. The molecule has 0 aromatic rings. The molecule has 2 rings (SSSR count). The summed E-state index contributed by atoms with van der Waals surface area (Å²) in [5.41, 5.74) is 0. The Labute approximate surface area is 123 Å². The van der Waals surface area contributed by atoms with Crippen molar-refractivity contribution in [2.24, 2.45) is 5.92 Å². The van der Waals surface area contributed by atoms with Gasteiger partial charge in [0.1, 0.15) is 0 Å². The molecular weight excluding hydrogens is 276 g/mol. The maximum Gasteiger partial charge on any atom is 0.279 e. The Morgan fingerprint density at radius 2 is 1.85 bits per heavy atom. The molecule has 6 nitrogen and oxygen atoms in total. The molecule has 2 aliphatic rings. The van der Waals surface area contributed by atoms with Gasteiger partial charge in [0.05, 0.1) is 0 Å². The molecule has 0 amide bonds. The molecule has 2 saturated heterocycles. The van der Waals surface area contributed by atoms with E-state index >= 15 is 0 Å². The molecule has 1 atom stereocenters. The molecule has 118 valence electrons. The molecule has 0 aliphatic carbocycles. The predicted octanol–water partition coefficient (Wildman–Crippen LogP) is -0.154. The van der Waals surface area contributed by atoms with Crippen LogP contribution in [0.25, 0.3) is 0 Å². The molecule has 0 bridgehead atoms. The Kier molecular flexibility index (Phi) is 5.80. The van der Waals surface area contributed by atoms with E-state index in [-0.39, 0.29) is 6.04 Å². The second kappa shape index (κ2) is 7.17. The average Bonchev–Trinajstić information content (AvgIpc) is 2.39. The fourth-order valence-electron chi connectivity index (χ4n) is 3.19. The van der Waals surface area contributed by atoms with Gasteiger partial charge in [-0.2, -0.15) is 17.4 Å². The zero-order valence-electron chi connectivity index (χ0n) is 12.6. The van der Waals surface area contributed by atoms with Crippen LogP contribution in [0.1, 0.15) is 25.7 Å². The molecule has 0 spiro atoms. The van der Waals surface area contributed by atoms with Crippen LogP contribution in [0.5, 0.6) is 0 Å². The predicted molar refractivity (Wildman–Crippen MR) is 80.8 cm³/mol. The lowest BCUT2D eigenvalue weighted by molar-refractivity contribution is 0.233. The molecule has 7 heteroatoms. The Balaban J connectivity index is 1.84. The normalized spacial score (nSPS) is 27.8. The molecule has 0 radical (unpaired) electrons. The number of rotatable bonds is 5. The van der Waals surface area contributed by atoms with Gasteiger partial charge in [-0.25, -0.2) is 0 Å². The summed E-state index contributed by atoms with van der Waals surface area (Å²) in [6.45, 7) is 4.15. The lowest BCUT2D eigenvalue weighted by Gasteiger charge is -2.34. The first kappa shape index (κ1) is 16.2. The van der Waals surface area contributed by atoms with E-state index in [1.54, 1.807) is 4.31 Å². The van der Waals surface area contributed by atoms with Gasteiger partial charge in [-0.1, -0.05) is 0 Å². The van der Waals surface area contributed by atoms with Crippen LogP contribution in [-0.4, -0.2) is 70.5 Å². The van der Waals surface area contributed by atoms with Gasteiger partial charge in [0, 0.05) is 25.7 Å². The van der Waals surface area contributed by atoms with Crippen molar-refractivity contribution < 1.29 is 8.42 Å². The van der Waals surface area contributed by atoms with Crippen LogP contribution in [0.3, 0.4) is 0 Å². The zero-order valence-corrected chi connectivity index (χ0v) is 13.5. The summed E-state index contributed by atoms with van der Waals surface area (Å²) < 4.78 is 29.3. The third-order valence-corrected chi connectivity index (χ3v) is 6.02. The minimum Gasteiger partial charge on any atom is -0.319 e. The van der Waals surface area contributed by atoms with Crippen molar-refractivity contribution in [3.8, 4) is 0 Å². The summed E-state index contributed by atoms with van der Waals surface area (Å²) in [4.78, 5) is 2.19. The first-order chi connectivity index (χ1) is 9.51. The topological polar surface area (TPSA) is 64.7 Å². The van der Waals surface area contributed by atoms with Crippen molar-refractivity contribution >= 4 is 10.2 Å². The van der Waals surface area contributed by atoms with Crippen LogP contribution in [0.15, 0.2) is 0 Å². The minimum absolute atomic E-state index is 0.0637. The van der Waals surface area contributed by atoms with Crippen molar-refractivity contribution in [1.29, 1.82) is 0 Å². The van der Waals surface area contributed by atoms with Crippen molar-refractivity contribution in [2.45, 2.75) is 31.7 Å². The highest BCUT2D eigenvalue weighted by molar-refractivity contribution is 7.87. The van der Waals surface area contributed by atoms with Gasteiger partial charge in [-0.3, -0.25) is 0 Å². The Morgan fingerprint density at radius 1 is 1.15 bits per heavy atom. The second-order valence-electron chi connectivity index (χ2n) is 6.12. The summed E-state index contributed by atoms with van der Waals surface area (Å²) in [6.07, 6.45) is 3.91. The van der Waals surface area contributed by atoms with Gasteiger partial charge >= 0.3 is 0 Å². The maximum atomic E-state index is 12.4. The van der Waals surface area contributed by atoms with Gasteiger partial charge in [0.25, 0.3) is 10.2 Å². The summed E-state index contributed by atoms with van der Waals surface area (Å²) in [7, 11) is 0.685. The number of piperidine rings is 2. The fourth-order valence-corrected chi connectivity index (χ4v) is 4.64. The van der Waals surface area contributed by atoms with Gasteiger partial charge < -0.3 is 10.2 Å². The Bertz CT molecular complexity index is 393. The molecule has 20 heavy (non-hydrogen) atoms. The van der Waals surface area contributed by atoms with E-state index in [0.29, 0.717) is 19.0 Å². The monoisotopic (exact) mass is 304 g/mol. The molecular formula is C13H28N4O2S. The molecule has 1 unspecified atom stereocenters. The lowest BCUT2D eigenvalue weighted by Crippen LogP contribution is -2.52. The molecule has 0 saturated carbocycles. The first-order valence-electron chi connectivity index (χ1n) is 7.62. The lowest BCUT2D eigenvalue weighted by atomic mass is 9.98. The zero-order chi connectivity index (χ0) is 14.6. The van der Waals surface area contributed by atoms with Crippen LogP contribution < -0.4 is 10.0 Å². The molecule has 2 aliphatic heterocycles. The van der Waals surface area contributed by atoms with Crippen molar-refractivity contribution in [2.75, 3.05) is 46.8 Å². The molecule has 2 heterocycles.